The van der Waals surface area contributed by atoms with Crippen LogP contribution in [0.4, 0.5) is 5.69 Å². The van der Waals surface area contributed by atoms with Gasteiger partial charge in [-0.1, -0.05) is 5.75 Å². The minimum Gasteiger partial charge on any atom is -0.872 e. The predicted octanol–water partition coefficient (Wildman–Crippen LogP) is 0.247. The molecule has 2 aromatic rings. The van der Waals surface area contributed by atoms with Crippen LogP contribution in [0, 0.1) is 0 Å². The van der Waals surface area contributed by atoms with E-state index in [4.69, 9.17) is 15.9 Å². The third-order valence-electron chi connectivity index (χ3n) is 1.93. The van der Waals surface area contributed by atoms with Crippen LogP contribution >= 0.6 is 0 Å². The lowest BCUT2D eigenvalue weighted by Crippen LogP contribution is -2.02. The molecular formula is C12H12N2O4. The molecule has 0 amide bonds. The Labute approximate surface area is 103 Å². The van der Waals surface area contributed by atoms with E-state index in [9.17, 15) is 9.90 Å². The van der Waals surface area contributed by atoms with E-state index in [1.807, 2.05) is 18.3 Å². The molecule has 0 fully saturated rings. The quantitative estimate of drug-likeness (QED) is 0.667. The molecule has 6 heteroatoms. The number of pyridine rings is 1. The molecule has 0 saturated heterocycles. The van der Waals surface area contributed by atoms with Gasteiger partial charge in [0.15, 0.2) is 12.4 Å². The maximum absolute atomic E-state index is 10.7. The largest absolute Gasteiger partial charge is 0.872 e. The van der Waals surface area contributed by atoms with Crippen LogP contribution in [0.5, 0.6) is 11.5 Å². The van der Waals surface area contributed by atoms with Crippen LogP contribution in [0.3, 0.4) is 0 Å². The van der Waals surface area contributed by atoms with Crippen molar-refractivity contribution < 1.29 is 25.1 Å². The fourth-order valence-electron chi connectivity index (χ4n) is 1.09. The lowest BCUT2D eigenvalue weighted by Gasteiger charge is -2.08. The van der Waals surface area contributed by atoms with Gasteiger partial charge in [-0.15, -0.1) is 0 Å². The summed E-state index contributed by atoms with van der Waals surface area (Å²) < 4.78 is 0. The number of hydrogen-bond acceptors (Lipinski definition) is 4. The van der Waals surface area contributed by atoms with Gasteiger partial charge in [0.05, 0.1) is 11.3 Å². The highest BCUT2D eigenvalue weighted by Gasteiger charge is 2.02. The summed E-state index contributed by atoms with van der Waals surface area (Å²) in [5.41, 5.74) is 5.76. The van der Waals surface area contributed by atoms with Crippen molar-refractivity contribution in [3.8, 4) is 11.5 Å². The SMILES string of the molecule is Nc1ccc[nH+]c1.O=C(O)c1ccc(O)cc1[O-]. The lowest BCUT2D eigenvalue weighted by atomic mass is 10.2. The Morgan fingerprint density at radius 1 is 1.33 bits per heavy atom. The normalized spacial score (nSPS) is 9.11. The number of rotatable bonds is 1. The molecule has 94 valence electrons. The summed E-state index contributed by atoms with van der Waals surface area (Å²) in [5.74, 6) is -2.19. The van der Waals surface area contributed by atoms with Crippen LogP contribution in [0.25, 0.3) is 0 Å². The summed E-state index contributed by atoms with van der Waals surface area (Å²) in [6, 6.07) is 6.78. The number of carboxylic acids is 1. The molecule has 0 bridgehead atoms. The zero-order chi connectivity index (χ0) is 13.5. The summed E-state index contributed by atoms with van der Waals surface area (Å²) in [5, 5.41) is 27.8. The number of nitrogens with one attached hydrogen (secondary N) is 1. The summed E-state index contributed by atoms with van der Waals surface area (Å²) in [4.78, 5) is 13.1. The molecule has 18 heavy (non-hydrogen) atoms. The van der Waals surface area contributed by atoms with Crippen LogP contribution in [0.15, 0.2) is 42.7 Å². The molecule has 1 heterocycles. The highest BCUT2D eigenvalue weighted by atomic mass is 16.4. The highest BCUT2D eigenvalue weighted by Crippen LogP contribution is 2.19. The van der Waals surface area contributed by atoms with E-state index in [1.165, 1.54) is 0 Å². The molecule has 0 aliphatic rings. The van der Waals surface area contributed by atoms with Gasteiger partial charge in [-0.25, -0.2) is 9.78 Å². The molecule has 6 nitrogen and oxygen atoms in total. The van der Waals surface area contributed by atoms with E-state index in [0.717, 1.165) is 23.9 Å². The second-order valence-corrected chi connectivity index (χ2v) is 3.32. The van der Waals surface area contributed by atoms with Gasteiger partial charge in [0.1, 0.15) is 5.75 Å². The maximum Gasteiger partial charge on any atom is 0.335 e. The summed E-state index contributed by atoms with van der Waals surface area (Å²) in [7, 11) is 0. The number of aromatic hydroxyl groups is 1. The van der Waals surface area contributed by atoms with E-state index in [1.54, 1.807) is 6.20 Å². The number of aromatic carboxylic acids is 1. The molecule has 5 N–H and O–H groups in total. The molecule has 0 aliphatic carbocycles. The molecule has 0 saturated carbocycles. The number of nitrogens with two attached hydrogens (primary N) is 1. The summed E-state index contributed by atoms with van der Waals surface area (Å²) in [6.45, 7) is 0. The Bertz CT molecular complexity index is 529. The van der Waals surface area contributed by atoms with Crippen LogP contribution in [0.2, 0.25) is 0 Å². The first-order valence-electron chi connectivity index (χ1n) is 4.95. The fraction of sp³-hybridized carbons (Fsp3) is 0. The number of anilines is 1. The van der Waals surface area contributed by atoms with Crippen LogP contribution in [0.1, 0.15) is 10.4 Å². The average molecular weight is 248 g/mol. The van der Waals surface area contributed by atoms with Crippen LogP contribution in [-0.2, 0) is 0 Å². The molecule has 0 spiro atoms. The summed E-state index contributed by atoms with van der Waals surface area (Å²) in [6.07, 6.45) is 3.55. The monoisotopic (exact) mass is 248 g/mol. The number of benzene rings is 1. The van der Waals surface area contributed by atoms with Gasteiger partial charge in [0, 0.05) is 6.07 Å². The topological polar surface area (TPSA) is 121 Å². The van der Waals surface area contributed by atoms with Gasteiger partial charge < -0.3 is 21.1 Å². The minimum absolute atomic E-state index is 0.222. The van der Waals surface area contributed by atoms with Crippen molar-refractivity contribution in [3.63, 3.8) is 0 Å². The minimum atomic E-state index is -1.28. The van der Waals surface area contributed by atoms with Gasteiger partial charge in [-0.3, -0.25) is 0 Å². The van der Waals surface area contributed by atoms with E-state index < -0.39 is 11.7 Å². The van der Waals surface area contributed by atoms with Crippen molar-refractivity contribution in [3.05, 3.63) is 48.3 Å². The number of aromatic amines is 1. The Morgan fingerprint density at radius 3 is 2.44 bits per heavy atom. The van der Waals surface area contributed by atoms with E-state index in [-0.39, 0.29) is 11.3 Å². The van der Waals surface area contributed by atoms with Crippen molar-refractivity contribution >= 4 is 11.7 Å². The van der Waals surface area contributed by atoms with E-state index >= 15 is 0 Å². The fourth-order valence-corrected chi connectivity index (χ4v) is 1.09. The average Bonchev–Trinajstić information content (AvgIpc) is 2.30. The summed E-state index contributed by atoms with van der Waals surface area (Å²) >= 11 is 0. The van der Waals surface area contributed by atoms with Crippen molar-refractivity contribution in [2.24, 2.45) is 0 Å². The van der Waals surface area contributed by atoms with E-state index in [0.29, 0.717) is 0 Å². The van der Waals surface area contributed by atoms with Gasteiger partial charge in [0.25, 0.3) is 0 Å². The van der Waals surface area contributed by atoms with Crippen LogP contribution < -0.4 is 15.8 Å². The Balaban J connectivity index is 0.000000199. The van der Waals surface area contributed by atoms with Gasteiger partial charge in [0.2, 0.25) is 0 Å². The predicted molar refractivity (Wildman–Crippen MR) is 61.9 cm³/mol. The van der Waals surface area contributed by atoms with Crippen molar-refractivity contribution in [1.29, 1.82) is 0 Å². The number of phenolic OH excluding ortho intramolecular Hbond substituents is 1. The van der Waals surface area contributed by atoms with Gasteiger partial charge in [-0.2, -0.15) is 0 Å². The number of carboxylic acid groups (broad SMARTS) is 1. The number of hydrogen-bond donors (Lipinski definition) is 3. The smallest absolute Gasteiger partial charge is 0.335 e. The van der Waals surface area contributed by atoms with Crippen LogP contribution in [-0.4, -0.2) is 16.2 Å². The maximum atomic E-state index is 10.7. The lowest BCUT2D eigenvalue weighted by molar-refractivity contribution is -0.377. The molecule has 1 aromatic heterocycles. The number of H-pyrrole nitrogens is 1. The number of aromatic nitrogens is 1. The zero-order valence-corrected chi connectivity index (χ0v) is 9.33. The molecule has 0 aliphatic heterocycles. The molecular weight excluding hydrogens is 236 g/mol. The Kier molecular flexibility index (Phi) is 4.50. The second kappa shape index (κ2) is 6.09. The van der Waals surface area contributed by atoms with Crippen molar-refractivity contribution in [2.45, 2.75) is 0 Å². The Morgan fingerprint density at radius 2 is 2.06 bits per heavy atom. The first-order chi connectivity index (χ1) is 8.50. The first-order valence-corrected chi connectivity index (χ1v) is 4.95. The molecule has 0 atom stereocenters. The van der Waals surface area contributed by atoms with Gasteiger partial charge in [-0.05, 0) is 24.3 Å². The molecule has 0 radical (unpaired) electrons. The molecule has 1 aromatic carbocycles. The highest BCUT2D eigenvalue weighted by molar-refractivity contribution is 5.90. The number of nitrogen functional groups attached to an aromatic ring is 1. The Hall–Kier alpha value is -2.76. The molecule has 0 unspecified atom stereocenters. The first kappa shape index (κ1) is 13.3. The standard InChI is InChI=1S/C7H6O4.C5H6N2/c8-4-1-2-5(7(10)11)6(9)3-4;6-5-2-1-3-7-4-5/h1-3,8-9H,(H,10,11);1-4H,6H2. The van der Waals surface area contributed by atoms with Crippen molar-refractivity contribution in [2.75, 3.05) is 5.73 Å². The zero-order valence-electron chi connectivity index (χ0n) is 9.33. The third-order valence-corrected chi connectivity index (χ3v) is 1.93. The number of carbonyl (C=O) groups is 1. The number of phenols is 1. The van der Waals surface area contributed by atoms with E-state index in [2.05, 4.69) is 4.98 Å². The second-order valence-electron chi connectivity index (χ2n) is 3.32. The molecule has 2 rings (SSSR count). The van der Waals surface area contributed by atoms with Crippen molar-refractivity contribution in [1.82, 2.24) is 0 Å². The van der Waals surface area contributed by atoms with Gasteiger partial charge >= 0.3 is 5.97 Å². The third kappa shape index (κ3) is 4.01.